The van der Waals surface area contributed by atoms with E-state index in [2.05, 4.69) is 31.4 Å². The molecule has 0 spiro atoms. The maximum Gasteiger partial charge on any atom is 0.251 e. The van der Waals surface area contributed by atoms with Gasteiger partial charge in [-0.05, 0) is 55.7 Å². The Labute approximate surface area is 199 Å². The van der Waals surface area contributed by atoms with Crippen LogP contribution in [0.2, 0.25) is 5.02 Å². The fourth-order valence-electron chi connectivity index (χ4n) is 5.07. The smallest absolute Gasteiger partial charge is 0.251 e. The van der Waals surface area contributed by atoms with Gasteiger partial charge in [0.2, 0.25) is 5.91 Å². The molecule has 2 saturated heterocycles. The quantitative estimate of drug-likeness (QED) is 0.706. The van der Waals surface area contributed by atoms with Crippen molar-refractivity contribution in [1.29, 1.82) is 0 Å². The molecule has 5 rings (SSSR count). The topological polar surface area (TPSA) is 67.9 Å². The summed E-state index contributed by atoms with van der Waals surface area (Å²) in [6.45, 7) is 6.07. The summed E-state index contributed by atoms with van der Waals surface area (Å²) in [7, 11) is 0. The van der Waals surface area contributed by atoms with Gasteiger partial charge in [-0.25, -0.2) is 0 Å². The van der Waals surface area contributed by atoms with Gasteiger partial charge >= 0.3 is 0 Å². The van der Waals surface area contributed by atoms with E-state index in [-0.39, 0.29) is 17.9 Å². The first kappa shape index (κ1) is 22.0. The second-order valence-corrected chi connectivity index (χ2v) is 9.43. The molecule has 33 heavy (non-hydrogen) atoms. The molecule has 0 radical (unpaired) electrons. The Morgan fingerprint density at radius 1 is 1.06 bits per heavy atom. The van der Waals surface area contributed by atoms with Gasteiger partial charge < -0.3 is 20.4 Å². The third-order valence-corrected chi connectivity index (χ3v) is 7.13. The van der Waals surface area contributed by atoms with Crippen LogP contribution < -0.4 is 20.4 Å². The molecule has 3 aliphatic rings. The highest BCUT2D eigenvalue weighted by Crippen LogP contribution is 2.36. The van der Waals surface area contributed by atoms with Gasteiger partial charge in [0.1, 0.15) is 6.04 Å². The number of piperazine rings is 1. The van der Waals surface area contributed by atoms with Crippen LogP contribution in [-0.4, -0.2) is 68.6 Å². The van der Waals surface area contributed by atoms with Crippen molar-refractivity contribution in [3.8, 4) is 0 Å². The number of nitrogens with zero attached hydrogens (tertiary/aromatic N) is 3. The molecule has 0 aliphatic carbocycles. The van der Waals surface area contributed by atoms with Crippen molar-refractivity contribution in [3.05, 3.63) is 53.1 Å². The van der Waals surface area contributed by atoms with Crippen molar-refractivity contribution in [2.45, 2.75) is 25.3 Å². The number of rotatable bonds is 5. The molecule has 3 aliphatic heterocycles. The molecule has 2 amide bonds. The summed E-state index contributed by atoms with van der Waals surface area (Å²) in [5.41, 5.74) is 3.50. The number of piperidine rings is 1. The van der Waals surface area contributed by atoms with Crippen molar-refractivity contribution < 1.29 is 9.59 Å². The van der Waals surface area contributed by atoms with Gasteiger partial charge in [0, 0.05) is 62.1 Å². The number of hydrogen-bond donors (Lipinski definition) is 2. The zero-order chi connectivity index (χ0) is 22.8. The van der Waals surface area contributed by atoms with Crippen LogP contribution in [0.4, 0.5) is 17.1 Å². The highest BCUT2D eigenvalue weighted by atomic mass is 35.5. The number of amides is 2. The SMILES string of the molecule is O=C(NCCN1CCN(c2cccc(Cl)c2)CC1)c1ccc2c(c1)NC(=O)C1CCCCN21. The van der Waals surface area contributed by atoms with Gasteiger partial charge in [0.25, 0.3) is 5.91 Å². The Morgan fingerprint density at radius 2 is 1.91 bits per heavy atom. The maximum absolute atomic E-state index is 12.7. The van der Waals surface area contributed by atoms with E-state index in [9.17, 15) is 9.59 Å². The molecule has 1 unspecified atom stereocenters. The molecule has 3 heterocycles. The van der Waals surface area contributed by atoms with Crippen molar-refractivity contribution >= 4 is 40.5 Å². The number of halogens is 1. The number of hydrogen-bond acceptors (Lipinski definition) is 5. The number of carbonyl (C=O) groups is 2. The van der Waals surface area contributed by atoms with Crippen molar-refractivity contribution in [1.82, 2.24) is 10.2 Å². The van der Waals surface area contributed by atoms with Crippen molar-refractivity contribution in [3.63, 3.8) is 0 Å². The van der Waals surface area contributed by atoms with E-state index < -0.39 is 0 Å². The van der Waals surface area contributed by atoms with Gasteiger partial charge in [0.05, 0.1) is 11.4 Å². The molecular formula is C25H30ClN5O2. The van der Waals surface area contributed by atoms with Gasteiger partial charge in [-0.1, -0.05) is 17.7 Å². The molecule has 2 aromatic carbocycles. The van der Waals surface area contributed by atoms with Gasteiger partial charge in [-0.3, -0.25) is 14.5 Å². The van der Waals surface area contributed by atoms with Crippen LogP contribution in [0.15, 0.2) is 42.5 Å². The van der Waals surface area contributed by atoms with E-state index in [1.165, 1.54) is 0 Å². The van der Waals surface area contributed by atoms with E-state index in [1.807, 2.05) is 30.3 Å². The van der Waals surface area contributed by atoms with Gasteiger partial charge in [0.15, 0.2) is 0 Å². The van der Waals surface area contributed by atoms with Crippen LogP contribution in [0.3, 0.4) is 0 Å². The first-order chi connectivity index (χ1) is 16.1. The average molecular weight is 468 g/mol. The molecular weight excluding hydrogens is 438 g/mol. The lowest BCUT2D eigenvalue weighted by atomic mass is 9.97. The molecule has 0 bridgehead atoms. The summed E-state index contributed by atoms with van der Waals surface area (Å²) in [5.74, 6) is -0.0675. The van der Waals surface area contributed by atoms with E-state index in [1.54, 1.807) is 6.07 Å². The second-order valence-electron chi connectivity index (χ2n) is 8.99. The number of benzene rings is 2. The van der Waals surface area contributed by atoms with E-state index >= 15 is 0 Å². The van der Waals surface area contributed by atoms with E-state index in [0.29, 0.717) is 12.1 Å². The first-order valence-electron chi connectivity index (χ1n) is 11.8. The molecule has 0 saturated carbocycles. The molecule has 0 aromatic heterocycles. The minimum atomic E-state index is -0.106. The molecule has 2 fully saturated rings. The number of anilines is 3. The fraction of sp³-hybridized carbons (Fsp3) is 0.440. The number of carbonyl (C=O) groups excluding carboxylic acids is 2. The second kappa shape index (κ2) is 9.61. The summed E-state index contributed by atoms with van der Waals surface area (Å²) in [6.07, 6.45) is 3.07. The van der Waals surface area contributed by atoms with Crippen LogP contribution in [0.25, 0.3) is 0 Å². The maximum atomic E-state index is 12.7. The normalized spacial score (nSPS) is 20.6. The predicted octanol–water partition coefficient (Wildman–Crippen LogP) is 3.20. The standard InChI is InChI=1S/C25H30ClN5O2/c26-19-4-3-5-20(17-19)30-14-12-29(13-15-30)11-9-27-24(32)18-7-8-22-21(16-18)28-25(33)23-6-1-2-10-31(22)23/h3-5,7-8,16-17,23H,1-2,6,9-15H2,(H,27,32)(H,28,33). The largest absolute Gasteiger partial charge is 0.369 e. The third kappa shape index (κ3) is 4.80. The predicted molar refractivity (Wildman–Crippen MR) is 132 cm³/mol. The third-order valence-electron chi connectivity index (χ3n) is 6.89. The Kier molecular flexibility index (Phi) is 6.42. The molecule has 174 valence electrons. The minimum Gasteiger partial charge on any atom is -0.369 e. The lowest BCUT2D eigenvalue weighted by molar-refractivity contribution is -0.118. The lowest BCUT2D eigenvalue weighted by Gasteiger charge is -2.41. The Morgan fingerprint density at radius 3 is 2.73 bits per heavy atom. The van der Waals surface area contributed by atoms with Crippen LogP contribution in [0.1, 0.15) is 29.6 Å². The Hall–Kier alpha value is -2.77. The average Bonchev–Trinajstić information content (AvgIpc) is 2.84. The van der Waals surface area contributed by atoms with Crippen LogP contribution in [0, 0.1) is 0 Å². The zero-order valence-corrected chi connectivity index (χ0v) is 19.5. The summed E-state index contributed by atoms with van der Waals surface area (Å²) in [5, 5.41) is 6.79. The Balaban J connectivity index is 1.12. The number of nitrogens with one attached hydrogen (secondary N) is 2. The van der Waals surface area contributed by atoms with E-state index in [4.69, 9.17) is 11.6 Å². The molecule has 2 N–H and O–H groups in total. The highest BCUT2D eigenvalue weighted by molar-refractivity contribution is 6.30. The van der Waals surface area contributed by atoms with Crippen LogP contribution >= 0.6 is 11.6 Å². The molecule has 2 aromatic rings. The van der Waals surface area contributed by atoms with Crippen molar-refractivity contribution in [2.24, 2.45) is 0 Å². The van der Waals surface area contributed by atoms with Gasteiger partial charge in [-0.2, -0.15) is 0 Å². The lowest BCUT2D eigenvalue weighted by Crippen LogP contribution is -2.50. The fourth-order valence-corrected chi connectivity index (χ4v) is 5.25. The summed E-state index contributed by atoms with van der Waals surface area (Å²) in [6, 6.07) is 13.5. The Bertz CT molecular complexity index is 1040. The summed E-state index contributed by atoms with van der Waals surface area (Å²) in [4.78, 5) is 32.1. The van der Waals surface area contributed by atoms with Crippen molar-refractivity contribution in [2.75, 3.05) is 60.9 Å². The zero-order valence-electron chi connectivity index (χ0n) is 18.7. The van der Waals surface area contributed by atoms with Crippen LogP contribution in [0.5, 0.6) is 0 Å². The summed E-state index contributed by atoms with van der Waals surface area (Å²) < 4.78 is 0. The number of fused-ring (bicyclic) bond motifs is 3. The minimum absolute atomic E-state index is 0.0386. The molecule has 1 atom stereocenters. The molecule has 7 nitrogen and oxygen atoms in total. The van der Waals surface area contributed by atoms with E-state index in [0.717, 1.165) is 80.6 Å². The summed E-state index contributed by atoms with van der Waals surface area (Å²) >= 11 is 6.12. The van der Waals surface area contributed by atoms with Crippen LogP contribution in [-0.2, 0) is 4.79 Å². The highest BCUT2D eigenvalue weighted by Gasteiger charge is 2.34. The monoisotopic (exact) mass is 467 g/mol. The van der Waals surface area contributed by atoms with Gasteiger partial charge in [-0.15, -0.1) is 0 Å². The first-order valence-corrected chi connectivity index (χ1v) is 12.2. The molecule has 8 heteroatoms.